The number of primary amides is 1. The minimum Gasteiger partial charge on any atom is -0.351 e. The molecule has 0 aromatic heterocycles. The second kappa shape index (κ2) is 4.23. The van der Waals surface area contributed by atoms with Crippen LogP contribution in [0.5, 0.6) is 0 Å². The quantitative estimate of drug-likeness (QED) is 0.602. The van der Waals surface area contributed by atoms with Crippen molar-refractivity contribution in [3.8, 4) is 0 Å². The summed E-state index contributed by atoms with van der Waals surface area (Å²) in [7, 11) is 1.47. The SMILES string of the molecule is CC(C)C(=O)SN(C)C(N)=O. The summed E-state index contributed by atoms with van der Waals surface area (Å²) in [5.41, 5.74) is 4.90. The molecule has 0 aliphatic heterocycles. The highest BCUT2D eigenvalue weighted by atomic mass is 32.2. The first kappa shape index (κ1) is 10.3. The molecule has 0 bridgehead atoms. The highest BCUT2D eigenvalue weighted by Crippen LogP contribution is 2.13. The smallest absolute Gasteiger partial charge is 0.324 e. The van der Waals surface area contributed by atoms with Crippen molar-refractivity contribution in [2.75, 3.05) is 7.05 Å². The number of rotatable bonds is 1. The molecule has 0 radical (unpaired) electrons. The fourth-order valence-corrected chi connectivity index (χ4v) is 0.856. The van der Waals surface area contributed by atoms with Crippen molar-refractivity contribution in [1.29, 1.82) is 0 Å². The predicted molar refractivity (Wildman–Crippen MR) is 44.8 cm³/mol. The first-order chi connectivity index (χ1) is 4.95. The zero-order valence-corrected chi connectivity index (χ0v) is 7.64. The lowest BCUT2D eigenvalue weighted by Gasteiger charge is -2.12. The van der Waals surface area contributed by atoms with Crippen LogP contribution in [-0.2, 0) is 4.79 Å². The fourth-order valence-electron chi connectivity index (χ4n) is 0.285. The second-order valence-electron chi connectivity index (χ2n) is 2.40. The van der Waals surface area contributed by atoms with Crippen LogP contribution in [0.3, 0.4) is 0 Å². The van der Waals surface area contributed by atoms with Crippen LogP contribution in [0, 0.1) is 5.92 Å². The largest absolute Gasteiger partial charge is 0.351 e. The third kappa shape index (κ3) is 3.87. The number of urea groups is 1. The molecule has 0 rings (SSSR count). The van der Waals surface area contributed by atoms with E-state index in [0.29, 0.717) is 0 Å². The molecule has 0 fully saturated rings. The van der Waals surface area contributed by atoms with Crippen LogP contribution in [0.25, 0.3) is 0 Å². The average molecular weight is 176 g/mol. The van der Waals surface area contributed by atoms with Gasteiger partial charge >= 0.3 is 6.03 Å². The van der Waals surface area contributed by atoms with Gasteiger partial charge in [0.2, 0.25) is 5.12 Å². The molecular formula is C6H12N2O2S. The molecule has 0 atom stereocenters. The van der Waals surface area contributed by atoms with Gasteiger partial charge < -0.3 is 5.73 Å². The third-order valence-electron chi connectivity index (χ3n) is 1.01. The molecule has 0 heterocycles. The third-order valence-corrected chi connectivity index (χ3v) is 2.11. The molecule has 2 N–H and O–H groups in total. The van der Waals surface area contributed by atoms with Gasteiger partial charge in [0.15, 0.2) is 0 Å². The Labute approximate surface area is 70.2 Å². The summed E-state index contributed by atoms with van der Waals surface area (Å²) in [6, 6.07) is -0.607. The van der Waals surface area contributed by atoms with E-state index in [-0.39, 0.29) is 11.0 Å². The van der Waals surface area contributed by atoms with E-state index in [9.17, 15) is 9.59 Å². The minimum absolute atomic E-state index is 0.0636. The van der Waals surface area contributed by atoms with Crippen molar-refractivity contribution in [3.05, 3.63) is 0 Å². The Bertz CT molecular complexity index is 170. The van der Waals surface area contributed by atoms with Crippen LogP contribution in [0.2, 0.25) is 0 Å². The normalized spacial score (nSPS) is 9.82. The molecule has 0 aliphatic carbocycles. The van der Waals surface area contributed by atoms with Gasteiger partial charge in [-0.3, -0.25) is 9.10 Å². The molecule has 0 unspecified atom stereocenters. The first-order valence-corrected chi connectivity index (χ1v) is 3.97. The lowest BCUT2D eigenvalue weighted by Crippen LogP contribution is -2.28. The van der Waals surface area contributed by atoms with E-state index in [2.05, 4.69) is 0 Å². The molecule has 0 saturated carbocycles. The van der Waals surface area contributed by atoms with E-state index in [0.717, 1.165) is 16.3 Å². The zero-order chi connectivity index (χ0) is 9.02. The Morgan fingerprint density at radius 3 is 2.18 bits per heavy atom. The second-order valence-corrected chi connectivity index (χ2v) is 3.53. The maximum absolute atomic E-state index is 11.0. The number of hydrogen-bond acceptors (Lipinski definition) is 3. The van der Waals surface area contributed by atoms with Crippen LogP contribution >= 0.6 is 11.9 Å². The van der Waals surface area contributed by atoms with Gasteiger partial charge in [-0.15, -0.1) is 0 Å². The molecule has 0 saturated heterocycles. The van der Waals surface area contributed by atoms with Crippen LogP contribution in [0.1, 0.15) is 13.8 Å². The van der Waals surface area contributed by atoms with Crippen LogP contribution in [0.4, 0.5) is 4.79 Å². The summed E-state index contributed by atoms with van der Waals surface area (Å²) < 4.78 is 1.11. The summed E-state index contributed by atoms with van der Waals surface area (Å²) in [5.74, 6) is -0.0817. The number of hydrogen-bond donors (Lipinski definition) is 1. The van der Waals surface area contributed by atoms with Crippen LogP contribution < -0.4 is 5.73 Å². The minimum atomic E-state index is -0.607. The van der Waals surface area contributed by atoms with Gasteiger partial charge in [-0.25, -0.2) is 4.79 Å². The summed E-state index contributed by atoms with van der Waals surface area (Å²) >= 11 is 0.836. The molecule has 0 aromatic carbocycles. The van der Waals surface area contributed by atoms with Crippen molar-refractivity contribution < 1.29 is 9.59 Å². The number of carbonyl (C=O) groups is 2. The van der Waals surface area contributed by atoms with Gasteiger partial charge in [-0.2, -0.15) is 0 Å². The Hall–Kier alpha value is -0.710. The summed E-state index contributed by atoms with van der Waals surface area (Å²) in [5, 5.41) is -0.0636. The fraction of sp³-hybridized carbons (Fsp3) is 0.667. The van der Waals surface area contributed by atoms with Gasteiger partial charge in [0.25, 0.3) is 0 Å². The van der Waals surface area contributed by atoms with Gasteiger partial charge in [0.1, 0.15) is 0 Å². The molecule has 2 amide bonds. The van der Waals surface area contributed by atoms with Crippen molar-refractivity contribution in [2.45, 2.75) is 13.8 Å². The Morgan fingerprint density at radius 1 is 1.45 bits per heavy atom. The highest BCUT2D eigenvalue weighted by molar-refractivity contribution is 8.12. The molecular weight excluding hydrogens is 164 g/mol. The van der Waals surface area contributed by atoms with E-state index < -0.39 is 6.03 Å². The molecule has 11 heavy (non-hydrogen) atoms. The summed E-state index contributed by atoms with van der Waals surface area (Å²) in [6.45, 7) is 3.54. The van der Waals surface area contributed by atoms with E-state index in [1.165, 1.54) is 7.05 Å². The monoisotopic (exact) mass is 176 g/mol. The highest BCUT2D eigenvalue weighted by Gasteiger charge is 2.13. The van der Waals surface area contributed by atoms with Crippen LogP contribution in [0.15, 0.2) is 0 Å². The van der Waals surface area contributed by atoms with Gasteiger partial charge in [-0.05, 0) is 0 Å². The molecule has 4 nitrogen and oxygen atoms in total. The van der Waals surface area contributed by atoms with Gasteiger partial charge in [0.05, 0.1) is 0 Å². The maximum Gasteiger partial charge on any atom is 0.324 e. The number of amides is 2. The van der Waals surface area contributed by atoms with Gasteiger partial charge in [-0.1, -0.05) is 13.8 Å². The van der Waals surface area contributed by atoms with E-state index in [1.807, 2.05) is 0 Å². The van der Waals surface area contributed by atoms with Crippen molar-refractivity contribution >= 4 is 23.1 Å². The summed E-state index contributed by atoms with van der Waals surface area (Å²) in [4.78, 5) is 21.4. The lowest BCUT2D eigenvalue weighted by molar-refractivity contribution is -0.113. The van der Waals surface area contributed by atoms with Crippen molar-refractivity contribution in [3.63, 3.8) is 0 Å². The molecule has 0 aromatic rings. The number of carbonyl (C=O) groups excluding carboxylic acids is 2. The standard InChI is InChI=1S/C6H12N2O2S/c1-4(2)5(9)11-8(3)6(7)10/h4H,1-3H3,(H2,7,10). The summed E-state index contributed by atoms with van der Waals surface area (Å²) in [6.07, 6.45) is 0. The Morgan fingerprint density at radius 2 is 1.91 bits per heavy atom. The Kier molecular flexibility index (Phi) is 3.95. The molecule has 64 valence electrons. The predicted octanol–water partition coefficient (Wildman–Crippen LogP) is 0.828. The van der Waals surface area contributed by atoms with E-state index >= 15 is 0 Å². The molecule has 0 aliphatic rings. The van der Waals surface area contributed by atoms with Gasteiger partial charge in [0, 0.05) is 24.9 Å². The van der Waals surface area contributed by atoms with E-state index in [1.54, 1.807) is 13.8 Å². The van der Waals surface area contributed by atoms with Crippen LogP contribution in [-0.4, -0.2) is 22.5 Å². The maximum atomic E-state index is 11.0. The first-order valence-electron chi connectivity index (χ1n) is 3.20. The lowest BCUT2D eigenvalue weighted by atomic mass is 10.3. The van der Waals surface area contributed by atoms with E-state index in [4.69, 9.17) is 5.73 Å². The Balaban J connectivity index is 3.85. The van der Waals surface area contributed by atoms with Crippen molar-refractivity contribution in [2.24, 2.45) is 11.7 Å². The average Bonchev–Trinajstić information content (AvgIpc) is 1.87. The van der Waals surface area contributed by atoms with Crippen molar-refractivity contribution in [1.82, 2.24) is 4.31 Å². The molecule has 5 heteroatoms. The molecule has 0 spiro atoms. The zero-order valence-electron chi connectivity index (χ0n) is 6.83. The topological polar surface area (TPSA) is 63.4 Å². The number of nitrogens with zero attached hydrogens (tertiary/aromatic N) is 1. The number of nitrogens with two attached hydrogens (primary N) is 1.